The van der Waals surface area contributed by atoms with Gasteiger partial charge in [0.15, 0.2) is 0 Å². The van der Waals surface area contributed by atoms with Crippen molar-refractivity contribution < 1.29 is 17.5 Å². The van der Waals surface area contributed by atoms with Crippen LogP contribution in [-0.2, 0) is 10.0 Å². The minimum atomic E-state index is -3.70. The summed E-state index contributed by atoms with van der Waals surface area (Å²) in [5.74, 6) is 0.290. The van der Waals surface area contributed by atoms with Gasteiger partial charge in [-0.3, -0.25) is 0 Å². The van der Waals surface area contributed by atoms with Crippen LogP contribution in [0.1, 0.15) is 29.7 Å². The number of benzene rings is 2. The first-order chi connectivity index (χ1) is 10.7. The quantitative estimate of drug-likeness (QED) is 0.908. The molecule has 0 radical (unpaired) electrons. The molecule has 0 heterocycles. The Morgan fingerprint density at radius 1 is 1.09 bits per heavy atom. The van der Waals surface area contributed by atoms with Crippen LogP contribution in [0.2, 0.25) is 0 Å². The highest BCUT2D eigenvalue weighted by atomic mass is 32.2. The molecule has 0 saturated carbocycles. The van der Waals surface area contributed by atoms with Crippen LogP contribution < -0.4 is 9.46 Å². The van der Waals surface area contributed by atoms with Crippen molar-refractivity contribution >= 4 is 10.0 Å². The zero-order valence-corrected chi connectivity index (χ0v) is 14.4. The molecule has 0 aromatic heterocycles. The molecule has 0 aliphatic rings. The third kappa shape index (κ3) is 3.89. The second kappa shape index (κ2) is 6.68. The van der Waals surface area contributed by atoms with Gasteiger partial charge in [0.25, 0.3) is 0 Å². The summed E-state index contributed by atoms with van der Waals surface area (Å²) in [5, 5.41) is 0. The fraction of sp³-hybridized carbons (Fsp3) is 0.294. The molecule has 6 heteroatoms. The van der Waals surface area contributed by atoms with Crippen molar-refractivity contribution in [3.8, 4) is 5.75 Å². The standard InChI is InChI=1S/C17H20FNO3S/c1-11-10-17(12(2)9-16(11)22-4)23(20,21)19-13(3)14-5-7-15(18)8-6-14/h5-10,13,19H,1-4H3/t13-/m0/s1. The highest BCUT2D eigenvalue weighted by Gasteiger charge is 2.21. The number of ether oxygens (including phenoxy) is 1. The molecule has 124 valence electrons. The van der Waals surface area contributed by atoms with Gasteiger partial charge in [-0.1, -0.05) is 12.1 Å². The average Bonchev–Trinajstić information content (AvgIpc) is 2.49. The van der Waals surface area contributed by atoms with Gasteiger partial charge < -0.3 is 4.74 Å². The van der Waals surface area contributed by atoms with E-state index in [1.807, 2.05) is 0 Å². The molecular formula is C17H20FNO3S. The first-order valence-electron chi connectivity index (χ1n) is 7.17. The predicted octanol–water partition coefficient (Wildman–Crippen LogP) is 3.49. The molecule has 2 rings (SSSR count). The number of methoxy groups -OCH3 is 1. The molecule has 0 aliphatic carbocycles. The molecule has 0 aliphatic heterocycles. The smallest absolute Gasteiger partial charge is 0.241 e. The lowest BCUT2D eigenvalue weighted by atomic mass is 10.1. The van der Waals surface area contributed by atoms with Gasteiger partial charge in [-0.15, -0.1) is 0 Å². The van der Waals surface area contributed by atoms with Gasteiger partial charge >= 0.3 is 0 Å². The summed E-state index contributed by atoms with van der Waals surface area (Å²) in [4.78, 5) is 0.213. The Labute approximate surface area is 136 Å². The summed E-state index contributed by atoms with van der Waals surface area (Å²) >= 11 is 0. The molecule has 1 atom stereocenters. The molecule has 0 saturated heterocycles. The molecule has 2 aromatic carbocycles. The van der Waals surface area contributed by atoms with Crippen LogP contribution in [0.4, 0.5) is 4.39 Å². The van der Waals surface area contributed by atoms with Crippen molar-refractivity contribution in [3.63, 3.8) is 0 Å². The maximum Gasteiger partial charge on any atom is 0.241 e. The summed E-state index contributed by atoms with van der Waals surface area (Å²) in [7, 11) is -2.15. The van der Waals surface area contributed by atoms with Crippen molar-refractivity contribution in [3.05, 3.63) is 58.9 Å². The van der Waals surface area contributed by atoms with Gasteiger partial charge in [-0.05, 0) is 61.7 Å². The van der Waals surface area contributed by atoms with Crippen LogP contribution in [-0.4, -0.2) is 15.5 Å². The lowest BCUT2D eigenvalue weighted by molar-refractivity contribution is 0.411. The van der Waals surface area contributed by atoms with E-state index in [1.165, 1.54) is 12.1 Å². The molecule has 0 spiro atoms. The molecule has 23 heavy (non-hydrogen) atoms. The van der Waals surface area contributed by atoms with E-state index >= 15 is 0 Å². The summed E-state index contributed by atoms with van der Waals surface area (Å²) in [6.45, 7) is 5.23. The maximum atomic E-state index is 13.0. The van der Waals surface area contributed by atoms with Crippen molar-refractivity contribution in [2.24, 2.45) is 0 Å². The highest BCUT2D eigenvalue weighted by molar-refractivity contribution is 7.89. The second-order valence-electron chi connectivity index (χ2n) is 5.48. The molecule has 0 amide bonds. The van der Waals surface area contributed by atoms with Crippen molar-refractivity contribution in [1.82, 2.24) is 4.72 Å². The van der Waals surface area contributed by atoms with Crippen molar-refractivity contribution in [2.45, 2.75) is 31.7 Å². The molecule has 2 aromatic rings. The fourth-order valence-electron chi connectivity index (χ4n) is 2.39. The monoisotopic (exact) mass is 337 g/mol. The number of sulfonamides is 1. The first kappa shape index (κ1) is 17.4. The number of halogens is 1. The topological polar surface area (TPSA) is 55.4 Å². The van der Waals surface area contributed by atoms with Crippen LogP contribution in [0, 0.1) is 19.7 Å². The lowest BCUT2D eigenvalue weighted by Crippen LogP contribution is -2.27. The van der Waals surface area contributed by atoms with Gasteiger partial charge in [0, 0.05) is 6.04 Å². The first-order valence-corrected chi connectivity index (χ1v) is 8.66. The second-order valence-corrected chi connectivity index (χ2v) is 7.16. The van der Waals surface area contributed by atoms with Gasteiger partial charge in [-0.2, -0.15) is 0 Å². The third-order valence-electron chi connectivity index (χ3n) is 3.68. The fourth-order valence-corrected chi connectivity index (χ4v) is 3.93. The SMILES string of the molecule is COc1cc(C)c(S(=O)(=O)N[C@@H](C)c2ccc(F)cc2)cc1C. The Morgan fingerprint density at radius 2 is 1.70 bits per heavy atom. The number of hydrogen-bond donors (Lipinski definition) is 1. The van der Waals surface area contributed by atoms with Crippen LogP contribution >= 0.6 is 0 Å². The molecule has 0 bridgehead atoms. The normalized spacial score (nSPS) is 12.9. The highest BCUT2D eigenvalue weighted by Crippen LogP contribution is 2.26. The van der Waals surface area contributed by atoms with E-state index in [4.69, 9.17) is 4.74 Å². The Bertz CT molecular complexity index is 801. The molecular weight excluding hydrogens is 317 g/mol. The van der Waals surface area contributed by atoms with Crippen LogP contribution in [0.15, 0.2) is 41.3 Å². The molecule has 0 fully saturated rings. The predicted molar refractivity (Wildman–Crippen MR) is 87.6 cm³/mol. The number of aryl methyl sites for hydroxylation is 2. The number of rotatable bonds is 5. The molecule has 4 nitrogen and oxygen atoms in total. The summed E-state index contributed by atoms with van der Waals surface area (Å²) < 4.78 is 46.1. The number of nitrogens with one attached hydrogen (secondary N) is 1. The Kier molecular flexibility index (Phi) is 5.06. The number of hydrogen-bond acceptors (Lipinski definition) is 3. The van der Waals surface area contributed by atoms with E-state index in [0.717, 1.165) is 5.56 Å². The summed E-state index contributed by atoms with van der Waals surface area (Å²) in [5.41, 5.74) is 2.04. The Balaban J connectivity index is 2.32. The molecule has 1 N–H and O–H groups in total. The largest absolute Gasteiger partial charge is 0.496 e. The zero-order chi connectivity index (χ0) is 17.2. The van der Waals surface area contributed by atoms with Crippen LogP contribution in [0.3, 0.4) is 0 Å². The van der Waals surface area contributed by atoms with Crippen molar-refractivity contribution in [2.75, 3.05) is 7.11 Å². The van der Waals surface area contributed by atoms with Gasteiger partial charge in [-0.25, -0.2) is 17.5 Å². The van der Waals surface area contributed by atoms with Gasteiger partial charge in [0.1, 0.15) is 11.6 Å². The van der Waals surface area contributed by atoms with E-state index in [1.54, 1.807) is 52.1 Å². The van der Waals surface area contributed by atoms with E-state index < -0.39 is 16.1 Å². The lowest BCUT2D eigenvalue weighted by Gasteiger charge is -2.17. The third-order valence-corrected chi connectivity index (χ3v) is 5.37. The minimum Gasteiger partial charge on any atom is -0.496 e. The zero-order valence-electron chi connectivity index (χ0n) is 13.6. The van der Waals surface area contributed by atoms with Crippen molar-refractivity contribution in [1.29, 1.82) is 0 Å². The van der Waals surface area contributed by atoms with Gasteiger partial charge in [0.05, 0.1) is 12.0 Å². The van der Waals surface area contributed by atoms with Gasteiger partial charge in [0.2, 0.25) is 10.0 Å². The Morgan fingerprint density at radius 3 is 2.26 bits per heavy atom. The van der Waals surface area contributed by atoms with E-state index in [2.05, 4.69) is 4.72 Å². The summed E-state index contributed by atoms with van der Waals surface area (Å²) in [6.07, 6.45) is 0. The average molecular weight is 337 g/mol. The van der Waals surface area contributed by atoms with E-state index in [9.17, 15) is 12.8 Å². The Hall–Kier alpha value is -1.92. The van der Waals surface area contributed by atoms with E-state index in [-0.39, 0.29) is 10.7 Å². The van der Waals surface area contributed by atoms with Crippen LogP contribution in [0.5, 0.6) is 5.75 Å². The van der Waals surface area contributed by atoms with E-state index in [0.29, 0.717) is 16.9 Å². The maximum absolute atomic E-state index is 13.0. The van der Waals surface area contributed by atoms with Crippen LogP contribution in [0.25, 0.3) is 0 Å². The summed E-state index contributed by atoms with van der Waals surface area (Å²) in [6, 6.07) is 8.57. The minimum absolute atomic E-state index is 0.213. The molecule has 0 unspecified atom stereocenters.